The molecule has 0 saturated carbocycles. The molecule has 1 aromatic heterocycles. The van der Waals surface area contributed by atoms with Gasteiger partial charge in [0.05, 0.1) is 5.02 Å². The molecule has 102 valence electrons. The number of benzene rings is 1. The smallest absolute Gasteiger partial charge is 0.250 e. The first-order chi connectivity index (χ1) is 9.70. The van der Waals surface area contributed by atoms with Crippen molar-refractivity contribution < 1.29 is 4.79 Å². The zero-order valence-corrected chi connectivity index (χ0v) is 12.3. The number of anilines is 1. The number of nitrogens with one attached hydrogen (secondary N) is 1. The van der Waals surface area contributed by atoms with Gasteiger partial charge in [-0.3, -0.25) is 10.1 Å². The molecule has 0 spiro atoms. The van der Waals surface area contributed by atoms with Crippen molar-refractivity contribution in [2.75, 3.05) is 5.32 Å². The van der Waals surface area contributed by atoms with Gasteiger partial charge in [0.15, 0.2) is 5.01 Å². The van der Waals surface area contributed by atoms with Gasteiger partial charge in [-0.25, -0.2) is 0 Å². The van der Waals surface area contributed by atoms with E-state index in [2.05, 4.69) is 15.5 Å². The van der Waals surface area contributed by atoms with Gasteiger partial charge in [-0.05, 0) is 13.0 Å². The first-order valence-corrected chi connectivity index (χ1v) is 7.09. The summed E-state index contributed by atoms with van der Waals surface area (Å²) in [5.74, 6) is -0.245. The summed E-state index contributed by atoms with van der Waals surface area (Å²) in [5.41, 5.74) is 0.802. The van der Waals surface area contributed by atoms with Crippen LogP contribution in [0.15, 0.2) is 48.6 Å². The first kappa shape index (κ1) is 14.4. The summed E-state index contributed by atoms with van der Waals surface area (Å²) in [5, 5.41) is 12.3. The van der Waals surface area contributed by atoms with E-state index < -0.39 is 0 Å². The van der Waals surface area contributed by atoms with Gasteiger partial charge in [-0.1, -0.05) is 59.4 Å². The quantitative estimate of drug-likeness (QED) is 0.688. The Hall–Kier alpha value is -1.98. The Kier molecular flexibility index (Phi) is 5.03. The fourth-order valence-corrected chi connectivity index (χ4v) is 2.49. The Morgan fingerprint density at radius 2 is 2.10 bits per heavy atom. The number of hydrogen-bond acceptors (Lipinski definition) is 4. The zero-order chi connectivity index (χ0) is 14.4. The topological polar surface area (TPSA) is 54.9 Å². The normalized spacial score (nSPS) is 11.3. The monoisotopic (exact) mass is 305 g/mol. The molecule has 0 saturated heterocycles. The Morgan fingerprint density at radius 1 is 1.30 bits per heavy atom. The Balaban J connectivity index is 2.10. The predicted molar refractivity (Wildman–Crippen MR) is 82.9 cm³/mol. The number of carbonyl (C=O) groups excluding carboxylic acids is 1. The van der Waals surface area contributed by atoms with Crippen LogP contribution in [0.25, 0.3) is 10.6 Å². The van der Waals surface area contributed by atoms with Crippen LogP contribution in [0.1, 0.15) is 6.92 Å². The van der Waals surface area contributed by atoms with E-state index in [1.165, 1.54) is 17.4 Å². The molecular weight excluding hydrogens is 294 g/mol. The van der Waals surface area contributed by atoms with Crippen molar-refractivity contribution in [1.82, 2.24) is 10.2 Å². The molecule has 1 heterocycles. The lowest BCUT2D eigenvalue weighted by Gasteiger charge is -1.97. The zero-order valence-electron chi connectivity index (χ0n) is 10.7. The standard InChI is InChI=1S/C14H12ClN3OS/c1-2-3-4-9-12(19)16-14-18-17-13(20-14)10-7-5-6-8-11(10)15/h2-9H,1H3,(H,16,18,19)/b3-2+,9-4+. The lowest BCUT2D eigenvalue weighted by molar-refractivity contribution is -0.111. The van der Waals surface area contributed by atoms with Crippen LogP contribution >= 0.6 is 22.9 Å². The Labute approximate surface area is 125 Å². The van der Waals surface area contributed by atoms with E-state index in [0.717, 1.165) is 5.56 Å². The molecule has 2 aromatic rings. The molecule has 4 nitrogen and oxygen atoms in total. The SMILES string of the molecule is C/C=C/C=C/C(=O)Nc1nnc(-c2ccccc2Cl)s1. The largest absolute Gasteiger partial charge is 0.297 e. The molecule has 0 atom stereocenters. The molecule has 0 aliphatic heterocycles. The summed E-state index contributed by atoms with van der Waals surface area (Å²) in [6.07, 6.45) is 6.70. The van der Waals surface area contributed by atoms with Crippen molar-refractivity contribution in [2.24, 2.45) is 0 Å². The van der Waals surface area contributed by atoms with Crippen LogP contribution in [0.4, 0.5) is 5.13 Å². The van der Waals surface area contributed by atoms with Gasteiger partial charge in [0.1, 0.15) is 0 Å². The van der Waals surface area contributed by atoms with E-state index in [1.807, 2.05) is 31.2 Å². The molecule has 0 bridgehead atoms. The molecule has 20 heavy (non-hydrogen) atoms. The lowest BCUT2D eigenvalue weighted by Crippen LogP contribution is -2.07. The molecule has 0 fully saturated rings. The van der Waals surface area contributed by atoms with Gasteiger partial charge in [0.25, 0.3) is 0 Å². The van der Waals surface area contributed by atoms with E-state index in [9.17, 15) is 4.79 Å². The van der Waals surface area contributed by atoms with E-state index in [-0.39, 0.29) is 5.91 Å². The summed E-state index contributed by atoms with van der Waals surface area (Å²) >= 11 is 7.37. The third-order valence-electron chi connectivity index (χ3n) is 2.31. The van der Waals surface area contributed by atoms with Gasteiger partial charge < -0.3 is 0 Å². The highest BCUT2D eigenvalue weighted by atomic mass is 35.5. The summed E-state index contributed by atoms with van der Waals surface area (Å²) in [6.45, 7) is 1.88. The fraction of sp³-hybridized carbons (Fsp3) is 0.0714. The van der Waals surface area contributed by atoms with Gasteiger partial charge in [-0.15, -0.1) is 10.2 Å². The summed E-state index contributed by atoms with van der Waals surface area (Å²) in [6, 6.07) is 7.37. The Morgan fingerprint density at radius 3 is 2.85 bits per heavy atom. The minimum atomic E-state index is -0.245. The predicted octanol–water partition coefficient (Wildman–Crippen LogP) is 3.93. The maximum absolute atomic E-state index is 11.6. The molecule has 1 N–H and O–H groups in total. The number of hydrogen-bond donors (Lipinski definition) is 1. The molecular formula is C14H12ClN3OS. The first-order valence-electron chi connectivity index (χ1n) is 5.89. The van der Waals surface area contributed by atoms with Gasteiger partial charge in [-0.2, -0.15) is 0 Å². The number of aromatic nitrogens is 2. The van der Waals surface area contributed by atoms with Gasteiger partial charge in [0, 0.05) is 11.6 Å². The molecule has 6 heteroatoms. The highest BCUT2D eigenvalue weighted by Gasteiger charge is 2.10. The number of allylic oxidation sites excluding steroid dienone is 3. The highest BCUT2D eigenvalue weighted by Crippen LogP contribution is 2.31. The van der Waals surface area contributed by atoms with Crippen LogP contribution in [0, 0.1) is 0 Å². The summed E-state index contributed by atoms with van der Waals surface area (Å²) < 4.78 is 0. The number of carbonyl (C=O) groups is 1. The second kappa shape index (κ2) is 6.98. The molecule has 2 rings (SSSR count). The van der Waals surface area contributed by atoms with Crippen molar-refractivity contribution >= 4 is 34.0 Å². The van der Waals surface area contributed by atoms with Crippen LogP contribution in [0.5, 0.6) is 0 Å². The van der Waals surface area contributed by atoms with Gasteiger partial charge >= 0.3 is 0 Å². The van der Waals surface area contributed by atoms with Crippen molar-refractivity contribution in [3.05, 3.63) is 53.6 Å². The second-order valence-electron chi connectivity index (χ2n) is 3.77. The lowest BCUT2D eigenvalue weighted by atomic mass is 10.2. The van der Waals surface area contributed by atoms with E-state index in [4.69, 9.17) is 11.6 Å². The second-order valence-corrected chi connectivity index (χ2v) is 5.15. The van der Waals surface area contributed by atoms with Crippen LogP contribution in [-0.2, 0) is 4.79 Å². The third-order valence-corrected chi connectivity index (χ3v) is 3.51. The average Bonchev–Trinajstić information content (AvgIpc) is 2.88. The molecule has 1 amide bonds. The number of rotatable bonds is 4. The van der Waals surface area contributed by atoms with Crippen molar-refractivity contribution in [3.8, 4) is 10.6 Å². The minimum Gasteiger partial charge on any atom is -0.297 e. The summed E-state index contributed by atoms with van der Waals surface area (Å²) in [7, 11) is 0. The number of amides is 1. The van der Waals surface area contributed by atoms with Crippen LogP contribution in [0.2, 0.25) is 5.02 Å². The average molecular weight is 306 g/mol. The molecule has 0 radical (unpaired) electrons. The minimum absolute atomic E-state index is 0.245. The molecule has 1 aromatic carbocycles. The molecule has 0 aliphatic carbocycles. The molecule has 0 unspecified atom stereocenters. The van der Waals surface area contributed by atoms with Crippen LogP contribution in [0.3, 0.4) is 0 Å². The van der Waals surface area contributed by atoms with E-state index >= 15 is 0 Å². The van der Waals surface area contributed by atoms with E-state index in [0.29, 0.717) is 15.2 Å². The van der Waals surface area contributed by atoms with Crippen molar-refractivity contribution in [1.29, 1.82) is 0 Å². The maximum Gasteiger partial charge on any atom is 0.250 e. The number of nitrogens with zero attached hydrogens (tertiary/aromatic N) is 2. The summed E-state index contributed by atoms with van der Waals surface area (Å²) in [4.78, 5) is 11.6. The van der Waals surface area contributed by atoms with Crippen LogP contribution in [-0.4, -0.2) is 16.1 Å². The van der Waals surface area contributed by atoms with Crippen LogP contribution < -0.4 is 5.32 Å². The van der Waals surface area contributed by atoms with E-state index in [1.54, 1.807) is 18.2 Å². The maximum atomic E-state index is 11.6. The van der Waals surface area contributed by atoms with Crippen molar-refractivity contribution in [3.63, 3.8) is 0 Å². The van der Waals surface area contributed by atoms with Crippen molar-refractivity contribution in [2.45, 2.75) is 6.92 Å². The number of halogens is 1. The Bertz CT molecular complexity index is 664. The fourth-order valence-electron chi connectivity index (χ4n) is 1.42. The third kappa shape index (κ3) is 3.76. The molecule has 0 aliphatic rings. The highest BCUT2D eigenvalue weighted by molar-refractivity contribution is 7.18. The van der Waals surface area contributed by atoms with Gasteiger partial charge in [0.2, 0.25) is 11.0 Å².